The van der Waals surface area contributed by atoms with Gasteiger partial charge in [0, 0.05) is 11.2 Å². The van der Waals surface area contributed by atoms with Gasteiger partial charge >= 0.3 is 6.03 Å². The largest absolute Gasteiger partial charge is 0.347 e. The summed E-state index contributed by atoms with van der Waals surface area (Å²) in [4.78, 5) is 26.6. The van der Waals surface area contributed by atoms with E-state index in [1.807, 2.05) is 6.92 Å². The van der Waals surface area contributed by atoms with Crippen molar-refractivity contribution in [2.75, 3.05) is 0 Å². The summed E-state index contributed by atoms with van der Waals surface area (Å²) in [5.41, 5.74) is 0.866. The van der Waals surface area contributed by atoms with Crippen molar-refractivity contribution < 1.29 is 9.59 Å². The highest BCUT2D eigenvalue weighted by molar-refractivity contribution is 5.98. The molecule has 0 saturated heterocycles. The molecule has 0 aromatic carbocycles. The molecule has 1 aromatic rings. The minimum Gasteiger partial charge on any atom is -0.347 e. The summed E-state index contributed by atoms with van der Waals surface area (Å²) in [5.74, 6) is 1.07. The van der Waals surface area contributed by atoms with Gasteiger partial charge in [-0.2, -0.15) is 4.80 Å². The van der Waals surface area contributed by atoms with E-state index < -0.39 is 0 Å². The number of rotatable bonds is 3. The van der Waals surface area contributed by atoms with E-state index >= 15 is 0 Å². The second-order valence-electron chi connectivity index (χ2n) is 9.00. The zero-order chi connectivity index (χ0) is 18.8. The molecule has 1 aromatic heterocycles. The lowest BCUT2D eigenvalue weighted by Gasteiger charge is -2.61. The van der Waals surface area contributed by atoms with Crippen LogP contribution in [0.2, 0.25) is 0 Å². The van der Waals surface area contributed by atoms with Gasteiger partial charge in [0.1, 0.15) is 0 Å². The van der Waals surface area contributed by atoms with E-state index in [2.05, 4.69) is 31.4 Å². The molecule has 1 aliphatic heterocycles. The Morgan fingerprint density at radius 3 is 2.67 bits per heavy atom. The van der Waals surface area contributed by atoms with Crippen LogP contribution in [0.1, 0.15) is 52.4 Å². The lowest BCUT2D eigenvalue weighted by atomic mass is 9.50. The molecule has 5 atom stereocenters. The zero-order valence-corrected chi connectivity index (χ0v) is 15.7. The first-order valence-electron chi connectivity index (χ1n) is 9.72. The fourth-order valence-electron chi connectivity index (χ4n) is 6.52. The lowest BCUT2D eigenvalue weighted by Crippen LogP contribution is -2.66. The van der Waals surface area contributed by atoms with Crippen molar-refractivity contribution in [2.24, 2.45) is 11.8 Å². The van der Waals surface area contributed by atoms with Crippen LogP contribution in [0.15, 0.2) is 17.6 Å². The maximum absolute atomic E-state index is 13.2. The van der Waals surface area contributed by atoms with E-state index in [1.54, 1.807) is 11.7 Å². The normalized spacial score (nSPS) is 39.9. The van der Waals surface area contributed by atoms with Crippen molar-refractivity contribution >= 4 is 11.9 Å². The summed E-state index contributed by atoms with van der Waals surface area (Å²) >= 11 is 0. The van der Waals surface area contributed by atoms with Gasteiger partial charge in [0.15, 0.2) is 6.33 Å². The SMILES string of the molecule is CC1=C(C(=O)NC23C[C@H]4C[C@@H](C2)CC(n2ncnn2)(C4)C3)[C@H](C)NC(=O)N1. The first kappa shape index (κ1) is 16.7. The van der Waals surface area contributed by atoms with Gasteiger partial charge in [-0.25, -0.2) is 4.79 Å². The number of nitrogens with zero attached hydrogens (tertiary/aromatic N) is 4. The number of amides is 3. The Morgan fingerprint density at radius 2 is 2.04 bits per heavy atom. The number of urea groups is 1. The quantitative estimate of drug-likeness (QED) is 0.728. The van der Waals surface area contributed by atoms with Gasteiger partial charge < -0.3 is 16.0 Å². The van der Waals surface area contributed by atoms with E-state index in [1.165, 1.54) is 12.7 Å². The summed E-state index contributed by atoms with van der Waals surface area (Å²) in [6.07, 6.45) is 7.70. The van der Waals surface area contributed by atoms with E-state index in [9.17, 15) is 9.59 Å². The predicted octanol–water partition coefficient (Wildman–Crippen LogP) is 0.813. The van der Waals surface area contributed by atoms with Crippen LogP contribution in [0.25, 0.3) is 0 Å². The first-order valence-corrected chi connectivity index (χ1v) is 9.72. The fourth-order valence-corrected chi connectivity index (χ4v) is 6.52. The lowest BCUT2D eigenvalue weighted by molar-refractivity contribution is -0.128. The molecule has 4 saturated carbocycles. The molecule has 9 nitrogen and oxygen atoms in total. The molecule has 0 spiro atoms. The van der Waals surface area contributed by atoms with Gasteiger partial charge in [-0.3, -0.25) is 4.79 Å². The smallest absolute Gasteiger partial charge is 0.319 e. The molecule has 3 amide bonds. The van der Waals surface area contributed by atoms with E-state index in [0.29, 0.717) is 23.1 Å². The Hall–Kier alpha value is -2.45. The molecule has 0 radical (unpaired) electrons. The van der Waals surface area contributed by atoms with Crippen LogP contribution in [0.4, 0.5) is 4.79 Å². The van der Waals surface area contributed by atoms with Crippen molar-refractivity contribution in [3.8, 4) is 0 Å². The molecule has 6 rings (SSSR count). The molecular weight excluding hydrogens is 346 g/mol. The minimum atomic E-state index is -0.307. The van der Waals surface area contributed by atoms with Crippen LogP contribution in [0.3, 0.4) is 0 Å². The van der Waals surface area contributed by atoms with Gasteiger partial charge in [0.25, 0.3) is 5.91 Å². The Kier molecular flexibility index (Phi) is 3.42. The molecule has 2 unspecified atom stereocenters. The third-order valence-electron chi connectivity index (χ3n) is 6.91. The molecule has 2 heterocycles. The van der Waals surface area contributed by atoms with Gasteiger partial charge in [-0.05, 0) is 69.4 Å². The van der Waals surface area contributed by atoms with Crippen molar-refractivity contribution in [3.05, 3.63) is 17.6 Å². The van der Waals surface area contributed by atoms with Crippen molar-refractivity contribution in [1.29, 1.82) is 0 Å². The molecular formula is C18H25N7O2. The Balaban J connectivity index is 1.44. The number of nitrogens with one attached hydrogen (secondary N) is 3. The number of carbonyl (C=O) groups is 2. The molecule has 4 fully saturated rings. The average molecular weight is 371 g/mol. The maximum Gasteiger partial charge on any atom is 0.319 e. The van der Waals surface area contributed by atoms with Crippen molar-refractivity contribution in [1.82, 2.24) is 36.2 Å². The molecule has 27 heavy (non-hydrogen) atoms. The molecule has 3 N–H and O–H groups in total. The number of allylic oxidation sites excluding steroid dienone is 1. The van der Waals surface area contributed by atoms with Gasteiger partial charge in [0.2, 0.25) is 0 Å². The Bertz CT molecular complexity index is 817. The van der Waals surface area contributed by atoms with E-state index in [4.69, 9.17) is 0 Å². The maximum atomic E-state index is 13.2. The highest BCUT2D eigenvalue weighted by atomic mass is 16.2. The topological polar surface area (TPSA) is 114 Å². The molecule has 4 aliphatic carbocycles. The van der Waals surface area contributed by atoms with Crippen LogP contribution < -0.4 is 16.0 Å². The summed E-state index contributed by atoms with van der Waals surface area (Å²) < 4.78 is 0. The van der Waals surface area contributed by atoms with Crippen LogP contribution >= 0.6 is 0 Å². The van der Waals surface area contributed by atoms with Crippen molar-refractivity contribution in [2.45, 2.75) is 69.5 Å². The zero-order valence-electron chi connectivity index (χ0n) is 15.7. The summed E-state index contributed by atoms with van der Waals surface area (Å²) in [7, 11) is 0. The number of aromatic nitrogens is 4. The molecule has 4 bridgehead atoms. The van der Waals surface area contributed by atoms with Crippen LogP contribution in [-0.4, -0.2) is 43.7 Å². The standard InChI is InChI=1S/C18H25N7O2/c1-10-14(11(2)22-16(27)21-10)15(26)23-17-4-12-3-13(5-17)7-18(6-12,8-17)25-20-9-19-24-25/h9-10,12-13H,3-8H2,1-2H3,(H,23,26)(H2,21,22,27)/t10-,12-,13+,17?,18?/m0/s1. The number of tetrazole rings is 1. The van der Waals surface area contributed by atoms with Gasteiger partial charge in [0.05, 0.1) is 17.2 Å². The van der Waals surface area contributed by atoms with Crippen LogP contribution in [0.5, 0.6) is 0 Å². The molecule has 144 valence electrons. The van der Waals surface area contributed by atoms with Gasteiger partial charge in [-0.1, -0.05) is 0 Å². The monoisotopic (exact) mass is 371 g/mol. The summed E-state index contributed by atoms with van der Waals surface area (Å²) in [5, 5.41) is 21.4. The van der Waals surface area contributed by atoms with Gasteiger partial charge in [-0.15, -0.1) is 10.2 Å². The third-order valence-corrected chi connectivity index (χ3v) is 6.91. The second-order valence-corrected chi connectivity index (χ2v) is 9.00. The third kappa shape index (κ3) is 2.55. The van der Waals surface area contributed by atoms with Crippen molar-refractivity contribution in [3.63, 3.8) is 0 Å². The summed E-state index contributed by atoms with van der Waals surface area (Å²) in [6.45, 7) is 3.63. The number of hydrogen-bond acceptors (Lipinski definition) is 5. The molecule has 9 heteroatoms. The Morgan fingerprint density at radius 1 is 1.30 bits per heavy atom. The summed E-state index contributed by atoms with van der Waals surface area (Å²) in [6, 6.07) is -0.568. The van der Waals surface area contributed by atoms with Crippen LogP contribution in [0, 0.1) is 11.8 Å². The highest BCUT2D eigenvalue weighted by Crippen LogP contribution is 2.60. The van der Waals surface area contributed by atoms with E-state index in [0.717, 1.165) is 32.1 Å². The van der Waals surface area contributed by atoms with E-state index in [-0.39, 0.29) is 29.1 Å². The van der Waals surface area contributed by atoms with Crippen LogP contribution in [-0.2, 0) is 10.3 Å². The highest BCUT2D eigenvalue weighted by Gasteiger charge is 2.60. The molecule has 5 aliphatic rings. The second kappa shape index (κ2) is 5.53. The number of carbonyl (C=O) groups excluding carboxylic acids is 2. The minimum absolute atomic E-state index is 0.0869. The predicted molar refractivity (Wildman–Crippen MR) is 95.2 cm³/mol. The first-order chi connectivity index (χ1) is 12.9. The number of hydrogen-bond donors (Lipinski definition) is 3. The Labute approximate surface area is 157 Å². The average Bonchev–Trinajstić information content (AvgIpc) is 3.07. The fraction of sp³-hybridized carbons (Fsp3) is 0.722.